The Morgan fingerprint density at radius 2 is 1.81 bits per heavy atom. The molecule has 0 aliphatic carbocycles. The van der Waals surface area contributed by atoms with Gasteiger partial charge >= 0.3 is 0 Å². The van der Waals surface area contributed by atoms with Crippen molar-refractivity contribution < 1.29 is 14.2 Å². The molecular formula is C17H21NO3. The van der Waals surface area contributed by atoms with E-state index in [1.54, 1.807) is 19.2 Å². The number of nitrogen functional groups attached to an aromatic ring is 1. The van der Waals surface area contributed by atoms with Crippen LogP contribution >= 0.6 is 0 Å². The Morgan fingerprint density at radius 1 is 1.00 bits per heavy atom. The summed E-state index contributed by atoms with van der Waals surface area (Å²) in [6.45, 7) is 3.27. The second kappa shape index (κ2) is 7.55. The number of nitrogens with two attached hydrogens (primary N) is 1. The zero-order valence-electron chi connectivity index (χ0n) is 12.5. The van der Waals surface area contributed by atoms with E-state index in [1.807, 2.05) is 30.3 Å². The van der Waals surface area contributed by atoms with Gasteiger partial charge in [-0.2, -0.15) is 0 Å². The van der Waals surface area contributed by atoms with Gasteiger partial charge in [-0.25, -0.2) is 0 Å². The molecule has 0 spiro atoms. The Morgan fingerprint density at radius 3 is 2.57 bits per heavy atom. The molecule has 0 aliphatic heterocycles. The van der Waals surface area contributed by atoms with Crippen LogP contribution in [0.1, 0.15) is 18.9 Å². The fourth-order valence-corrected chi connectivity index (χ4v) is 1.96. The maximum absolute atomic E-state index is 5.88. The Hall–Kier alpha value is -2.20. The zero-order chi connectivity index (χ0) is 15.1. The maximum atomic E-state index is 5.88. The zero-order valence-corrected chi connectivity index (χ0v) is 12.5. The van der Waals surface area contributed by atoms with E-state index < -0.39 is 0 Å². The number of hydrogen-bond acceptors (Lipinski definition) is 4. The summed E-state index contributed by atoms with van der Waals surface area (Å²) < 4.78 is 16.6. The van der Waals surface area contributed by atoms with Crippen molar-refractivity contribution in [2.75, 3.05) is 19.5 Å². The largest absolute Gasteiger partial charge is 0.493 e. The summed E-state index contributed by atoms with van der Waals surface area (Å²) in [5, 5.41) is 0. The van der Waals surface area contributed by atoms with Gasteiger partial charge in [0.15, 0.2) is 0 Å². The number of anilines is 1. The summed E-state index contributed by atoms with van der Waals surface area (Å²) in [6.07, 6.45) is 0.948. The van der Waals surface area contributed by atoms with Crippen molar-refractivity contribution in [3.05, 3.63) is 48.0 Å². The number of rotatable bonds is 7. The van der Waals surface area contributed by atoms with Crippen LogP contribution in [0.3, 0.4) is 0 Å². The molecule has 0 unspecified atom stereocenters. The molecule has 0 saturated heterocycles. The first-order valence-corrected chi connectivity index (χ1v) is 7.00. The molecule has 4 nitrogen and oxygen atoms in total. The molecule has 0 amide bonds. The maximum Gasteiger partial charge on any atom is 0.133 e. The summed E-state index contributed by atoms with van der Waals surface area (Å²) in [6, 6.07) is 13.2. The number of hydrogen-bond donors (Lipinski definition) is 1. The van der Waals surface area contributed by atoms with E-state index in [-0.39, 0.29) is 0 Å². The van der Waals surface area contributed by atoms with Crippen molar-refractivity contribution in [2.24, 2.45) is 0 Å². The highest BCUT2D eigenvalue weighted by Gasteiger charge is 2.04. The van der Waals surface area contributed by atoms with Crippen LogP contribution in [0.5, 0.6) is 17.2 Å². The normalized spacial score (nSPS) is 10.4. The number of benzene rings is 2. The molecule has 4 heteroatoms. The molecule has 21 heavy (non-hydrogen) atoms. The summed E-state index contributed by atoms with van der Waals surface area (Å²) in [5.41, 5.74) is 7.56. The summed E-state index contributed by atoms with van der Waals surface area (Å²) in [5.74, 6) is 2.13. The van der Waals surface area contributed by atoms with Gasteiger partial charge in [-0.15, -0.1) is 0 Å². The smallest absolute Gasteiger partial charge is 0.133 e. The summed E-state index contributed by atoms with van der Waals surface area (Å²) in [7, 11) is 1.67. The van der Waals surface area contributed by atoms with E-state index in [2.05, 4.69) is 6.92 Å². The fraction of sp³-hybridized carbons (Fsp3) is 0.294. The van der Waals surface area contributed by atoms with Crippen molar-refractivity contribution in [1.82, 2.24) is 0 Å². The van der Waals surface area contributed by atoms with Gasteiger partial charge in [0.25, 0.3) is 0 Å². The van der Waals surface area contributed by atoms with E-state index in [0.717, 1.165) is 23.5 Å². The topological polar surface area (TPSA) is 53.7 Å². The molecule has 2 rings (SSSR count). The van der Waals surface area contributed by atoms with E-state index >= 15 is 0 Å². The first-order chi connectivity index (χ1) is 10.2. The molecule has 0 radical (unpaired) electrons. The average Bonchev–Trinajstić information content (AvgIpc) is 2.45. The van der Waals surface area contributed by atoms with Crippen LogP contribution in [0.25, 0.3) is 0 Å². The lowest BCUT2D eigenvalue weighted by atomic mass is 10.2. The van der Waals surface area contributed by atoms with Crippen LogP contribution < -0.4 is 15.2 Å². The van der Waals surface area contributed by atoms with Gasteiger partial charge in [0, 0.05) is 31.0 Å². The molecule has 0 bridgehead atoms. The highest BCUT2D eigenvalue weighted by atomic mass is 16.5. The highest BCUT2D eigenvalue weighted by molar-refractivity contribution is 5.51. The second-order valence-corrected chi connectivity index (χ2v) is 4.77. The Bertz CT molecular complexity index is 584. The van der Waals surface area contributed by atoms with Crippen LogP contribution in [0.2, 0.25) is 0 Å². The predicted molar refractivity (Wildman–Crippen MR) is 83.9 cm³/mol. The van der Waals surface area contributed by atoms with Gasteiger partial charge in [-0.05, 0) is 24.1 Å². The Kier molecular flexibility index (Phi) is 5.46. The van der Waals surface area contributed by atoms with Crippen molar-refractivity contribution in [1.29, 1.82) is 0 Å². The third kappa shape index (κ3) is 4.68. The van der Waals surface area contributed by atoms with E-state index in [9.17, 15) is 0 Å². The molecule has 0 atom stereocenters. The number of ether oxygens (including phenoxy) is 3. The molecule has 2 aromatic carbocycles. The third-order valence-electron chi connectivity index (χ3n) is 2.82. The van der Waals surface area contributed by atoms with Crippen LogP contribution in [0.4, 0.5) is 5.69 Å². The SMILES string of the molecule is CCCOc1cc(N)cc(Oc2cccc(COC)c2)c1. The van der Waals surface area contributed by atoms with Gasteiger partial charge < -0.3 is 19.9 Å². The van der Waals surface area contributed by atoms with Crippen LogP contribution in [-0.4, -0.2) is 13.7 Å². The minimum Gasteiger partial charge on any atom is -0.493 e. The highest BCUT2D eigenvalue weighted by Crippen LogP contribution is 2.29. The number of methoxy groups -OCH3 is 1. The van der Waals surface area contributed by atoms with Crippen molar-refractivity contribution in [2.45, 2.75) is 20.0 Å². The van der Waals surface area contributed by atoms with E-state index in [4.69, 9.17) is 19.9 Å². The van der Waals surface area contributed by atoms with Crippen molar-refractivity contribution in [3.8, 4) is 17.2 Å². The van der Waals surface area contributed by atoms with E-state index in [1.165, 1.54) is 0 Å². The fourth-order valence-electron chi connectivity index (χ4n) is 1.96. The van der Waals surface area contributed by atoms with Gasteiger partial charge in [0.1, 0.15) is 17.2 Å². The molecule has 0 heterocycles. The van der Waals surface area contributed by atoms with Crippen molar-refractivity contribution in [3.63, 3.8) is 0 Å². The quantitative estimate of drug-likeness (QED) is 0.782. The van der Waals surface area contributed by atoms with Crippen LogP contribution in [0.15, 0.2) is 42.5 Å². The van der Waals surface area contributed by atoms with E-state index in [0.29, 0.717) is 24.7 Å². The average molecular weight is 287 g/mol. The van der Waals surface area contributed by atoms with Gasteiger partial charge in [-0.1, -0.05) is 19.1 Å². The molecular weight excluding hydrogens is 266 g/mol. The molecule has 0 aromatic heterocycles. The monoisotopic (exact) mass is 287 g/mol. The second-order valence-electron chi connectivity index (χ2n) is 4.77. The standard InChI is InChI=1S/C17H21NO3/c1-3-7-20-16-9-14(18)10-17(11-16)21-15-6-4-5-13(8-15)12-19-2/h4-6,8-11H,3,7,12,18H2,1-2H3. The first-order valence-electron chi connectivity index (χ1n) is 7.00. The first kappa shape index (κ1) is 15.2. The van der Waals surface area contributed by atoms with Gasteiger partial charge in [0.2, 0.25) is 0 Å². The van der Waals surface area contributed by atoms with Crippen LogP contribution in [-0.2, 0) is 11.3 Å². The molecule has 2 aromatic rings. The molecule has 112 valence electrons. The van der Waals surface area contributed by atoms with Gasteiger partial charge in [0.05, 0.1) is 13.2 Å². The minimum absolute atomic E-state index is 0.555. The lowest BCUT2D eigenvalue weighted by Gasteiger charge is -2.11. The van der Waals surface area contributed by atoms with Crippen LogP contribution in [0, 0.1) is 0 Å². The molecule has 0 fully saturated rings. The Labute approximate surface area is 125 Å². The molecule has 0 aliphatic rings. The summed E-state index contributed by atoms with van der Waals surface area (Å²) >= 11 is 0. The minimum atomic E-state index is 0.555. The lowest BCUT2D eigenvalue weighted by Crippen LogP contribution is -1.97. The predicted octanol–water partition coefficient (Wildman–Crippen LogP) is 4.00. The third-order valence-corrected chi connectivity index (χ3v) is 2.82. The summed E-state index contributed by atoms with van der Waals surface area (Å²) in [4.78, 5) is 0. The van der Waals surface area contributed by atoms with Crippen molar-refractivity contribution >= 4 is 5.69 Å². The molecule has 2 N–H and O–H groups in total. The molecule has 0 saturated carbocycles. The van der Waals surface area contributed by atoms with Gasteiger partial charge in [-0.3, -0.25) is 0 Å². The Balaban J connectivity index is 2.14. The lowest BCUT2D eigenvalue weighted by molar-refractivity contribution is 0.184.